The molecule has 0 aliphatic carbocycles. The number of halogens is 1. The van der Waals surface area contributed by atoms with E-state index >= 15 is 0 Å². The smallest absolute Gasteiger partial charge is 0.272 e. The molecule has 1 atom stereocenters. The minimum absolute atomic E-state index is 0.123. The molecule has 1 aromatic carbocycles. The lowest BCUT2D eigenvalue weighted by atomic mass is 10.1. The van der Waals surface area contributed by atoms with Gasteiger partial charge in [-0.3, -0.25) is 9.78 Å². The Morgan fingerprint density at radius 3 is 2.74 bits per heavy atom. The number of amides is 1. The third-order valence-electron chi connectivity index (χ3n) is 3.45. The molecule has 2 heterocycles. The molecule has 3 rings (SSSR count). The van der Waals surface area contributed by atoms with Crippen LogP contribution in [0.1, 0.15) is 29.0 Å². The van der Waals surface area contributed by atoms with Crippen LogP contribution in [0.4, 0.5) is 0 Å². The van der Waals surface area contributed by atoms with Gasteiger partial charge < -0.3 is 5.32 Å². The Morgan fingerprint density at radius 1 is 1.22 bits per heavy atom. The van der Waals surface area contributed by atoms with Gasteiger partial charge in [0.1, 0.15) is 0 Å². The first kappa shape index (κ1) is 15.2. The number of carbonyl (C=O) groups excluding carboxylic acids is 1. The van der Waals surface area contributed by atoms with Crippen LogP contribution in [0.15, 0.2) is 61.1 Å². The van der Waals surface area contributed by atoms with Crippen molar-refractivity contribution < 1.29 is 4.79 Å². The molecule has 2 aromatic heterocycles. The summed E-state index contributed by atoms with van der Waals surface area (Å²) in [4.78, 5) is 16.3. The van der Waals surface area contributed by atoms with E-state index in [0.717, 1.165) is 11.3 Å². The van der Waals surface area contributed by atoms with Gasteiger partial charge in [0.05, 0.1) is 11.7 Å². The Morgan fingerprint density at radius 2 is 2.00 bits per heavy atom. The molecule has 0 aliphatic heterocycles. The van der Waals surface area contributed by atoms with Crippen LogP contribution in [-0.2, 0) is 0 Å². The van der Waals surface area contributed by atoms with Crippen LogP contribution in [-0.4, -0.2) is 20.7 Å². The van der Waals surface area contributed by atoms with E-state index < -0.39 is 0 Å². The Kier molecular flexibility index (Phi) is 4.39. The van der Waals surface area contributed by atoms with Crippen molar-refractivity contribution in [3.8, 4) is 5.69 Å². The fourth-order valence-electron chi connectivity index (χ4n) is 2.21. The quantitative estimate of drug-likeness (QED) is 0.799. The molecule has 3 aromatic rings. The van der Waals surface area contributed by atoms with Crippen LogP contribution in [0, 0.1) is 0 Å². The van der Waals surface area contributed by atoms with E-state index in [0.29, 0.717) is 10.7 Å². The van der Waals surface area contributed by atoms with Crippen molar-refractivity contribution in [3.63, 3.8) is 0 Å². The first-order valence-corrected chi connectivity index (χ1v) is 7.53. The summed E-state index contributed by atoms with van der Waals surface area (Å²) < 4.78 is 1.62. The lowest BCUT2D eigenvalue weighted by Crippen LogP contribution is -2.27. The van der Waals surface area contributed by atoms with E-state index in [-0.39, 0.29) is 11.9 Å². The Bertz CT molecular complexity index is 816. The SMILES string of the molecule is C[C@@H](NC(=O)c1ccn(-c2cccc(Cl)c2)n1)c1ccncc1. The molecule has 0 radical (unpaired) electrons. The van der Waals surface area contributed by atoms with E-state index in [1.54, 1.807) is 41.5 Å². The summed E-state index contributed by atoms with van der Waals surface area (Å²) in [5.41, 5.74) is 2.15. The number of carbonyl (C=O) groups is 1. The second-order valence-corrected chi connectivity index (χ2v) is 5.54. The van der Waals surface area contributed by atoms with Crippen molar-refractivity contribution in [2.45, 2.75) is 13.0 Å². The fourth-order valence-corrected chi connectivity index (χ4v) is 2.40. The summed E-state index contributed by atoms with van der Waals surface area (Å²) in [5, 5.41) is 7.84. The van der Waals surface area contributed by atoms with E-state index in [4.69, 9.17) is 11.6 Å². The molecular weight excluding hydrogens is 312 g/mol. The molecule has 0 bridgehead atoms. The fraction of sp³-hybridized carbons (Fsp3) is 0.118. The molecule has 1 N–H and O–H groups in total. The summed E-state index contributed by atoms with van der Waals surface area (Å²) in [6.07, 6.45) is 5.13. The summed E-state index contributed by atoms with van der Waals surface area (Å²) >= 11 is 5.98. The maximum Gasteiger partial charge on any atom is 0.272 e. The number of nitrogens with one attached hydrogen (secondary N) is 1. The number of hydrogen-bond acceptors (Lipinski definition) is 3. The first-order valence-electron chi connectivity index (χ1n) is 7.16. The van der Waals surface area contributed by atoms with Crippen molar-refractivity contribution in [2.24, 2.45) is 0 Å². The Balaban J connectivity index is 1.74. The molecule has 23 heavy (non-hydrogen) atoms. The zero-order valence-electron chi connectivity index (χ0n) is 12.5. The zero-order valence-corrected chi connectivity index (χ0v) is 13.2. The third-order valence-corrected chi connectivity index (χ3v) is 3.68. The van der Waals surface area contributed by atoms with Crippen molar-refractivity contribution >= 4 is 17.5 Å². The normalized spacial score (nSPS) is 11.9. The second kappa shape index (κ2) is 6.62. The van der Waals surface area contributed by atoms with Gasteiger partial charge in [0, 0.05) is 23.6 Å². The number of nitrogens with zero attached hydrogens (tertiary/aromatic N) is 3. The maximum atomic E-state index is 12.3. The van der Waals surface area contributed by atoms with Crippen molar-refractivity contribution in [3.05, 3.63) is 77.3 Å². The van der Waals surface area contributed by atoms with Gasteiger partial charge in [0.15, 0.2) is 5.69 Å². The Hall–Kier alpha value is -2.66. The molecule has 0 saturated carbocycles. The minimum atomic E-state index is -0.227. The molecule has 6 heteroatoms. The van der Waals surface area contributed by atoms with E-state index in [1.807, 2.05) is 31.2 Å². The van der Waals surface area contributed by atoms with Crippen molar-refractivity contribution in [1.82, 2.24) is 20.1 Å². The van der Waals surface area contributed by atoms with E-state index in [9.17, 15) is 4.79 Å². The highest BCUT2D eigenvalue weighted by Crippen LogP contribution is 2.15. The second-order valence-electron chi connectivity index (χ2n) is 5.10. The van der Waals surface area contributed by atoms with Gasteiger partial charge >= 0.3 is 0 Å². The van der Waals surface area contributed by atoms with Gasteiger partial charge in [0.2, 0.25) is 0 Å². The molecular formula is C17H15ClN4O. The summed E-state index contributed by atoms with van der Waals surface area (Å²) in [6, 6.07) is 12.6. The third kappa shape index (κ3) is 3.57. The average Bonchev–Trinajstić information content (AvgIpc) is 3.06. The molecule has 0 fully saturated rings. The van der Waals surface area contributed by atoms with Gasteiger partial charge in [0.25, 0.3) is 5.91 Å². The van der Waals surface area contributed by atoms with Crippen LogP contribution in [0.5, 0.6) is 0 Å². The minimum Gasteiger partial charge on any atom is -0.344 e. The molecule has 0 aliphatic rings. The molecule has 116 valence electrons. The van der Waals surface area contributed by atoms with Crippen molar-refractivity contribution in [2.75, 3.05) is 0 Å². The van der Waals surface area contributed by atoms with Crippen LogP contribution >= 0.6 is 11.6 Å². The molecule has 1 amide bonds. The predicted molar refractivity (Wildman–Crippen MR) is 88.7 cm³/mol. The van der Waals surface area contributed by atoms with Gasteiger partial charge in [-0.15, -0.1) is 0 Å². The van der Waals surface area contributed by atoms with Gasteiger partial charge in [-0.05, 0) is 48.9 Å². The maximum absolute atomic E-state index is 12.3. The van der Waals surface area contributed by atoms with Crippen LogP contribution in [0.25, 0.3) is 5.69 Å². The van der Waals surface area contributed by atoms with Gasteiger partial charge in [-0.2, -0.15) is 5.10 Å². The number of rotatable bonds is 4. The number of aromatic nitrogens is 3. The van der Waals surface area contributed by atoms with Crippen LogP contribution < -0.4 is 5.32 Å². The van der Waals surface area contributed by atoms with E-state index in [2.05, 4.69) is 15.4 Å². The predicted octanol–water partition coefficient (Wildman–Crippen LogP) is 3.41. The molecule has 0 spiro atoms. The largest absolute Gasteiger partial charge is 0.344 e. The van der Waals surface area contributed by atoms with Gasteiger partial charge in [-0.25, -0.2) is 4.68 Å². The number of hydrogen-bond donors (Lipinski definition) is 1. The first-order chi connectivity index (χ1) is 11.1. The zero-order chi connectivity index (χ0) is 16.2. The highest BCUT2D eigenvalue weighted by molar-refractivity contribution is 6.30. The monoisotopic (exact) mass is 326 g/mol. The summed E-state index contributed by atoms with van der Waals surface area (Å²) in [5.74, 6) is -0.227. The molecule has 0 saturated heterocycles. The summed E-state index contributed by atoms with van der Waals surface area (Å²) in [7, 11) is 0. The van der Waals surface area contributed by atoms with Crippen LogP contribution in [0.2, 0.25) is 5.02 Å². The summed E-state index contributed by atoms with van der Waals surface area (Å²) in [6.45, 7) is 1.92. The highest BCUT2D eigenvalue weighted by atomic mass is 35.5. The average molecular weight is 327 g/mol. The number of pyridine rings is 1. The standard InChI is InChI=1S/C17H15ClN4O/c1-12(13-5-8-19-9-6-13)20-17(23)16-7-10-22(21-16)15-4-2-3-14(18)11-15/h2-12H,1H3,(H,20,23)/t12-/m1/s1. The number of benzene rings is 1. The lowest BCUT2D eigenvalue weighted by Gasteiger charge is -2.12. The molecule has 5 nitrogen and oxygen atoms in total. The highest BCUT2D eigenvalue weighted by Gasteiger charge is 2.14. The van der Waals surface area contributed by atoms with Crippen molar-refractivity contribution in [1.29, 1.82) is 0 Å². The van der Waals surface area contributed by atoms with E-state index in [1.165, 1.54) is 0 Å². The topological polar surface area (TPSA) is 59.8 Å². The lowest BCUT2D eigenvalue weighted by molar-refractivity contribution is 0.0934. The molecule has 0 unspecified atom stereocenters. The van der Waals surface area contributed by atoms with Crippen LogP contribution in [0.3, 0.4) is 0 Å². The Labute approximate surface area is 138 Å². The van der Waals surface area contributed by atoms with Gasteiger partial charge in [-0.1, -0.05) is 17.7 Å².